The lowest BCUT2D eigenvalue weighted by Crippen LogP contribution is -2.41. The number of nitrogens with zero attached hydrogens (tertiary/aromatic N) is 2. The molecule has 5 nitrogen and oxygen atoms in total. The van der Waals surface area contributed by atoms with E-state index in [1.807, 2.05) is 9.80 Å². The van der Waals surface area contributed by atoms with Crippen LogP contribution in [0.4, 0.5) is 0 Å². The van der Waals surface area contributed by atoms with Crippen LogP contribution < -0.4 is 5.32 Å². The summed E-state index contributed by atoms with van der Waals surface area (Å²) in [6.45, 7) is 4.43. The molecule has 6 heteroatoms. The van der Waals surface area contributed by atoms with Crippen molar-refractivity contribution in [3.63, 3.8) is 0 Å². The van der Waals surface area contributed by atoms with Gasteiger partial charge >= 0.3 is 0 Å². The molecule has 138 valence electrons. The summed E-state index contributed by atoms with van der Waals surface area (Å²) in [6, 6.07) is 0. The first kappa shape index (κ1) is 19.5. The number of carbonyl (C=O) groups excluding carboxylic acids is 2. The van der Waals surface area contributed by atoms with Crippen LogP contribution in [-0.4, -0.2) is 60.9 Å². The van der Waals surface area contributed by atoms with Crippen molar-refractivity contribution in [1.82, 2.24) is 15.1 Å². The number of hydrogen-bond acceptors (Lipinski definition) is 3. The smallest absolute Gasteiger partial charge is 0.236 e. The van der Waals surface area contributed by atoms with Gasteiger partial charge in [-0.25, -0.2) is 0 Å². The Labute approximate surface area is 151 Å². The molecule has 3 aliphatic rings. The van der Waals surface area contributed by atoms with Gasteiger partial charge in [-0.1, -0.05) is 12.8 Å². The number of amides is 2. The third-order valence-electron chi connectivity index (χ3n) is 5.55. The summed E-state index contributed by atoms with van der Waals surface area (Å²) in [5.41, 5.74) is 0. The summed E-state index contributed by atoms with van der Waals surface area (Å²) >= 11 is 0. The summed E-state index contributed by atoms with van der Waals surface area (Å²) in [7, 11) is 0. The zero-order chi connectivity index (χ0) is 16.1. The molecule has 0 aromatic carbocycles. The molecule has 0 atom stereocenters. The second kappa shape index (κ2) is 9.62. The third kappa shape index (κ3) is 5.92. The Morgan fingerprint density at radius 3 is 2.04 bits per heavy atom. The van der Waals surface area contributed by atoms with Crippen molar-refractivity contribution >= 4 is 24.2 Å². The zero-order valence-electron chi connectivity index (χ0n) is 14.7. The Kier molecular flexibility index (Phi) is 7.82. The van der Waals surface area contributed by atoms with Gasteiger partial charge in [0.2, 0.25) is 11.8 Å². The molecular weight excluding hydrogens is 326 g/mol. The van der Waals surface area contributed by atoms with Crippen LogP contribution in [0, 0.1) is 11.8 Å². The number of carbonyl (C=O) groups is 2. The highest BCUT2D eigenvalue weighted by Crippen LogP contribution is 2.28. The van der Waals surface area contributed by atoms with E-state index < -0.39 is 0 Å². The minimum Gasteiger partial charge on any atom is -0.341 e. The highest BCUT2D eigenvalue weighted by Gasteiger charge is 2.25. The molecule has 24 heavy (non-hydrogen) atoms. The zero-order valence-corrected chi connectivity index (χ0v) is 15.5. The van der Waals surface area contributed by atoms with E-state index in [-0.39, 0.29) is 18.3 Å². The van der Waals surface area contributed by atoms with Crippen molar-refractivity contribution in [1.29, 1.82) is 0 Å². The van der Waals surface area contributed by atoms with Gasteiger partial charge < -0.3 is 15.1 Å². The Hall–Kier alpha value is -0.810. The molecule has 0 bridgehead atoms. The Balaban J connectivity index is 0.00000208. The van der Waals surface area contributed by atoms with Crippen molar-refractivity contribution < 1.29 is 9.59 Å². The number of halogens is 1. The summed E-state index contributed by atoms with van der Waals surface area (Å²) in [4.78, 5) is 28.6. The number of nitrogens with one attached hydrogen (secondary N) is 1. The minimum absolute atomic E-state index is 0. The van der Waals surface area contributed by atoms with Gasteiger partial charge in [-0.2, -0.15) is 0 Å². The highest BCUT2D eigenvalue weighted by molar-refractivity contribution is 5.85. The van der Waals surface area contributed by atoms with E-state index >= 15 is 0 Å². The lowest BCUT2D eigenvalue weighted by Gasteiger charge is -2.23. The van der Waals surface area contributed by atoms with Crippen molar-refractivity contribution in [2.45, 2.75) is 51.4 Å². The molecule has 0 unspecified atom stereocenters. The maximum atomic E-state index is 12.4. The molecule has 3 fully saturated rings. The first-order valence-corrected chi connectivity index (χ1v) is 9.48. The topological polar surface area (TPSA) is 52.7 Å². The lowest BCUT2D eigenvalue weighted by molar-refractivity contribution is -0.133. The van der Waals surface area contributed by atoms with Gasteiger partial charge in [0.1, 0.15) is 0 Å². The van der Waals surface area contributed by atoms with Crippen LogP contribution in [0.3, 0.4) is 0 Å². The number of rotatable bonds is 6. The van der Waals surface area contributed by atoms with Crippen LogP contribution in [0.25, 0.3) is 0 Å². The van der Waals surface area contributed by atoms with Gasteiger partial charge in [-0.15, -0.1) is 12.4 Å². The van der Waals surface area contributed by atoms with Gasteiger partial charge in [0.05, 0.1) is 6.54 Å². The molecule has 0 aromatic rings. The van der Waals surface area contributed by atoms with E-state index in [1.54, 1.807) is 0 Å². The Bertz CT molecular complexity index is 422. The van der Waals surface area contributed by atoms with E-state index in [4.69, 9.17) is 0 Å². The average Bonchev–Trinajstić information content (AvgIpc) is 3.28. The fraction of sp³-hybridized carbons (Fsp3) is 0.889. The van der Waals surface area contributed by atoms with Crippen LogP contribution >= 0.6 is 12.4 Å². The third-order valence-corrected chi connectivity index (χ3v) is 5.55. The standard InChI is InChI=1S/C18H31N3O2.ClH/c22-17(12-15-4-1-2-5-15)20-8-3-9-21(11-10-20)18(23)14-19-13-16-6-7-16;/h15-16,19H,1-14H2;1H. The lowest BCUT2D eigenvalue weighted by atomic mass is 10.0. The van der Waals surface area contributed by atoms with Crippen LogP contribution in [0.5, 0.6) is 0 Å². The highest BCUT2D eigenvalue weighted by atomic mass is 35.5. The molecule has 3 rings (SSSR count). The first-order valence-electron chi connectivity index (χ1n) is 9.48. The quantitative estimate of drug-likeness (QED) is 0.791. The van der Waals surface area contributed by atoms with E-state index in [9.17, 15) is 9.59 Å². The van der Waals surface area contributed by atoms with Crippen molar-refractivity contribution in [2.75, 3.05) is 39.3 Å². The summed E-state index contributed by atoms with van der Waals surface area (Å²) in [5.74, 6) is 1.90. The second-order valence-corrected chi connectivity index (χ2v) is 7.54. The minimum atomic E-state index is 0. The van der Waals surface area contributed by atoms with Gasteiger partial charge in [0.25, 0.3) is 0 Å². The normalized spacial score (nSPS) is 22.2. The molecule has 1 heterocycles. The van der Waals surface area contributed by atoms with Gasteiger partial charge in [0, 0.05) is 32.6 Å². The summed E-state index contributed by atoms with van der Waals surface area (Å²) in [6.07, 6.45) is 9.25. The predicted octanol–water partition coefficient (Wildman–Crippen LogP) is 2.05. The second-order valence-electron chi connectivity index (χ2n) is 7.54. The predicted molar refractivity (Wildman–Crippen MR) is 97.2 cm³/mol. The largest absolute Gasteiger partial charge is 0.341 e. The van der Waals surface area contributed by atoms with E-state index in [0.717, 1.165) is 38.4 Å². The SMILES string of the molecule is Cl.O=C(CNCC1CC1)N1CCCN(C(=O)CC2CCCC2)CC1. The summed E-state index contributed by atoms with van der Waals surface area (Å²) < 4.78 is 0. The first-order chi connectivity index (χ1) is 11.2. The molecule has 1 aliphatic heterocycles. The van der Waals surface area contributed by atoms with E-state index in [2.05, 4.69) is 5.32 Å². The van der Waals surface area contributed by atoms with Crippen LogP contribution in [-0.2, 0) is 9.59 Å². The molecule has 0 radical (unpaired) electrons. The maximum Gasteiger partial charge on any atom is 0.236 e. The van der Waals surface area contributed by atoms with Crippen molar-refractivity contribution in [3.8, 4) is 0 Å². The Morgan fingerprint density at radius 2 is 1.42 bits per heavy atom. The molecule has 2 amide bonds. The Morgan fingerprint density at radius 1 is 0.792 bits per heavy atom. The van der Waals surface area contributed by atoms with E-state index in [1.165, 1.54) is 38.5 Å². The molecular formula is C18H32ClN3O2. The summed E-state index contributed by atoms with van der Waals surface area (Å²) in [5, 5.41) is 3.28. The molecule has 0 spiro atoms. The monoisotopic (exact) mass is 357 g/mol. The molecule has 1 N–H and O–H groups in total. The van der Waals surface area contributed by atoms with Crippen LogP contribution in [0.15, 0.2) is 0 Å². The van der Waals surface area contributed by atoms with Crippen molar-refractivity contribution in [3.05, 3.63) is 0 Å². The fourth-order valence-electron chi connectivity index (χ4n) is 3.82. The maximum absolute atomic E-state index is 12.4. The fourth-order valence-corrected chi connectivity index (χ4v) is 3.82. The average molecular weight is 358 g/mol. The molecule has 0 aromatic heterocycles. The molecule has 1 saturated heterocycles. The molecule has 2 saturated carbocycles. The van der Waals surface area contributed by atoms with Crippen LogP contribution in [0.1, 0.15) is 51.4 Å². The van der Waals surface area contributed by atoms with Gasteiger partial charge in [-0.05, 0) is 50.5 Å². The van der Waals surface area contributed by atoms with E-state index in [0.29, 0.717) is 31.5 Å². The van der Waals surface area contributed by atoms with Crippen molar-refractivity contribution in [2.24, 2.45) is 11.8 Å². The van der Waals surface area contributed by atoms with Gasteiger partial charge in [-0.3, -0.25) is 9.59 Å². The van der Waals surface area contributed by atoms with Crippen LogP contribution in [0.2, 0.25) is 0 Å². The van der Waals surface area contributed by atoms with Gasteiger partial charge in [0.15, 0.2) is 0 Å². The number of hydrogen-bond donors (Lipinski definition) is 1. The molecule has 2 aliphatic carbocycles.